The van der Waals surface area contributed by atoms with E-state index in [1.807, 2.05) is 12.4 Å². The van der Waals surface area contributed by atoms with E-state index < -0.39 is 21.6 Å². The molecule has 4 aliphatic rings. The Morgan fingerprint density at radius 3 is 2.55 bits per heavy atom. The summed E-state index contributed by atoms with van der Waals surface area (Å²) >= 11 is 0. The van der Waals surface area contributed by atoms with Gasteiger partial charge in [-0.2, -0.15) is 4.72 Å². The van der Waals surface area contributed by atoms with Crippen LogP contribution in [0.4, 0.5) is 5.82 Å². The molecule has 2 saturated carbocycles. The Morgan fingerprint density at radius 2 is 1.83 bits per heavy atom. The molecule has 2 aliphatic carbocycles. The van der Waals surface area contributed by atoms with E-state index in [-0.39, 0.29) is 30.3 Å². The van der Waals surface area contributed by atoms with Gasteiger partial charge in [-0.15, -0.1) is 0 Å². The number of aryl methyl sites for hydroxylation is 2. The lowest BCUT2D eigenvalue weighted by Crippen LogP contribution is -2.64. The minimum atomic E-state index is -3.60. The van der Waals surface area contributed by atoms with E-state index in [2.05, 4.69) is 83.1 Å². The highest BCUT2D eigenvalue weighted by Gasteiger charge is 2.39. The van der Waals surface area contributed by atoms with Crippen LogP contribution >= 0.6 is 0 Å². The van der Waals surface area contributed by atoms with Gasteiger partial charge in [0.1, 0.15) is 18.3 Å². The van der Waals surface area contributed by atoms with Gasteiger partial charge in [-0.3, -0.25) is 20.5 Å². The Hall–Kier alpha value is -2.19. The van der Waals surface area contributed by atoms with E-state index in [4.69, 9.17) is 14.5 Å². The second-order valence-corrected chi connectivity index (χ2v) is 16.5. The second kappa shape index (κ2) is 15.1. The van der Waals surface area contributed by atoms with Crippen LogP contribution in [-0.4, -0.2) is 86.0 Å². The van der Waals surface area contributed by atoms with Gasteiger partial charge in [0.05, 0.1) is 42.5 Å². The average molecular weight is 670 g/mol. The number of hydrogen-bond acceptors (Lipinski definition) is 10. The number of aromatic nitrogens is 2. The van der Waals surface area contributed by atoms with Gasteiger partial charge in [0.25, 0.3) is 0 Å². The quantitative estimate of drug-likeness (QED) is 0.379. The van der Waals surface area contributed by atoms with E-state index in [0.717, 1.165) is 30.9 Å². The van der Waals surface area contributed by atoms with Crippen LogP contribution in [0.1, 0.15) is 93.6 Å². The van der Waals surface area contributed by atoms with Crippen molar-refractivity contribution in [1.29, 1.82) is 0 Å². The second-order valence-electron chi connectivity index (χ2n) is 14.5. The fourth-order valence-electron chi connectivity index (χ4n) is 7.77. The highest BCUT2D eigenvalue weighted by Crippen LogP contribution is 2.33. The summed E-state index contributed by atoms with van der Waals surface area (Å²) in [6.45, 7) is 10.6. The molecule has 11 nitrogen and oxygen atoms in total. The van der Waals surface area contributed by atoms with Crippen molar-refractivity contribution < 1.29 is 17.9 Å². The van der Waals surface area contributed by atoms with Crippen molar-refractivity contribution in [2.75, 3.05) is 31.7 Å². The van der Waals surface area contributed by atoms with Gasteiger partial charge in [0.15, 0.2) is 0 Å². The number of anilines is 1. The van der Waals surface area contributed by atoms with Crippen LogP contribution in [0.2, 0.25) is 0 Å². The Morgan fingerprint density at radius 1 is 1.06 bits per heavy atom. The molecule has 2 aromatic rings. The number of ether oxygens (including phenoxy) is 2. The lowest BCUT2D eigenvalue weighted by atomic mass is 9.88. The summed E-state index contributed by atoms with van der Waals surface area (Å²) in [6, 6.07) is 6.69. The molecule has 0 radical (unpaired) electrons. The van der Waals surface area contributed by atoms with Gasteiger partial charge < -0.3 is 14.4 Å². The predicted molar refractivity (Wildman–Crippen MR) is 184 cm³/mol. The highest BCUT2D eigenvalue weighted by atomic mass is 32.2. The molecule has 2 aliphatic heterocycles. The standard InChI is InChI=1S/C35H55N7O4S/c1-23(2)45-21-29-22-46-33-16-31(34-24(3)9-6-10-25(34)4)38-35(39-33)40-47(43,44)30-14-7-11-26(15-30)19-42(29)20-27-17-36-18-32(37-27)41(5)28-12-8-13-28/h6,9-10,17-18,23,26,28-31,33,35,38-40H,7-8,11-16,19-22H2,1-5H3/t26?,29-,30?,31?,33?,35?/m1/s1. The van der Waals surface area contributed by atoms with E-state index in [1.165, 1.54) is 36.0 Å². The molecule has 3 N–H and O–H groups in total. The van der Waals surface area contributed by atoms with Crippen molar-refractivity contribution in [3.05, 3.63) is 53.0 Å². The van der Waals surface area contributed by atoms with Crippen molar-refractivity contribution in [2.24, 2.45) is 5.92 Å². The lowest BCUT2D eigenvalue weighted by Gasteiger charge is -2.40. The zero-order valence-corrected chi connectivity index (χ0v) is 29.6. The molecule has 12 heteroatoms. The van der Waals surface area contributed by atoms with Crippen molar-refractivity contribution >= 4 is 15.8 Å². The monoisotopic (exact) mass is 669 g/mol. The Labute approximate surface area is 281 Å². The third kappa shape index (κ3) is 8.52. The molecular formula is C35H55N7O4S. The molecule has 3 heterocycles. The van der Waals surface area contributed by atoms with Gasteiger partial charge in [-0.05, 0) is 88.8 Å². The van der Waals surface area contributed by atoms with Crippen LogP contribution in [0, 0.1) is 19.8 Å². The topological polar surface area (TPSA) is 121 Å². The molecule has 4 bridgehead atoms. The molecule has 0 amide bonds. The van der Waals surface area contributed by atoms with Crippen LogP contribution in [0.25, 0.3) is 0 Å². The van der Waals surface area contributed by atoms with Gasteiger partial charge in [-0.1, -0.05) is 24.6 Å². The molecule has 1 aromatic heterocycles. The van der Waals surface area contributed by atoms with Crippen LogP contribution in [-0.2, 0) is 26.0 Å². The van der Waals surface area contributed by atoms with Crippen LogP contribution in [0.15, 0.2) is 30.6 Å². The minimum Gasteiger partial charge on any atom is -0.377 e. The summed E-state index contributed by atoms with van der Waals surface area (Å²) < 4.78 is 43.8. The zero-order chi connectivity index (χ0) is 33.1. The molecule has 0 spiro atoms. The molecule has 2 saturated heterocycles. The van der Waals surface area contributed by atoms with Crippen molar-refractivity contribution in [3.8, 4) is 0 Å². The first-order chi connectivity index (χ1) is 22.6. The molecule has 1 aromatic carbocycles. The van der Waals surface area contributed by atoms with Gasteiger partial charge in [-0.25, -0.2) is 13.4 Å². The summed E-state index contributed by atoms with van der Waals surface area (Å²) in [4.78, 5) is 14.4. The first-order valence-electron chi connectivity index (χ1n) is 17.7. The van der Waals surface area contributed by atoms with Crippen LogP contribution < -0.4 is 20.3 Å². The molecular weight excluding hydrogens is 614 g/mol. The molecule has 260 valence electrons. The van der Waals surface area contributed by atoms with Crippen molar-refractivity contribution in [3.63, 3.8) is 0 Å². The third-order valence-corrected chi connectivity index (χ3v) is 12.5. The number of rotatable bonds is 8. The van der Waals surface area contributed by atoms with E-state index >= 15 is 0 Å². The Balaban J connectivity index is 1.31. The normalized spacial score (nSPS) is 30.5. The average Bonchev–Trinajstić information content (AvgIpc) is 3.00. The van der Waals surface area contributed by atoms with Crippen LogP contribution in [0.5, 0.6) is 0 Å². The summed E-state index contributed by atoms with van der Waals surface area (Å²) in [5.41, 5.74) is 4.46. The van der Waals surface area contributed by atoms with Gasteiger partial charge in [0, 0.05) is 44.8 Å². The maximum atomic E-state index is 13.9. The fourth-order valence-corrected chi connectivity index (χ4v) is 9.43. The summed E-state index contributed by atoms with van der Waals surface area (Å²) in [7, 11) is -1.49. The zero-order valence-electron chi connectivity index (χ0n) is 28.8. The minimum absolute atomic E-state index is 0.0494. The van der Waals surface area contributed by atoms with Crippen molar-refractivity contribution in [1.82, 2.24) is 30.2 Å². The van der Waals surface area contributed by atoms with E-state index in [1.54, 1.807) is 0 Å². The summed E-state index contributed by atoms with van der Waals surface area (Å²) in [5.74, 6) is 1.13. The van der Waals surface area contributed by atoms with E-state index in [9.17, 15) is 8.42 Å². The van der Waals surface area contributed by atoms with Crippen LogP contribution in [0.3, 0.4) is 0 Å². The van der Waals surface area contributed by atoms with Crippen molar-refractivity contribution in [2.45, 2.75) is 128 Å². The highest BCUT2D eigenvalue weighted by molar-refractivity contribution is 7.90. The van der Waals surface area contributed by atoms with E-state index in [0.29, 0.717) is 45.1 Å². The third-order valence-electron chi connectivity index (χ3n) is 10.7. The lowest BCUT2D eigenvalue weighted by molar-refractivity contribution is -0.0682. The molecule has 6 atom stereocenters. The first kappa shape index (κ1) is 34.7. The predicted octanol–water partition coefficient (Wildman–Crippen LogP) is 4.12. The SMILES string of the molecule is Cc1cccc(C)c1C1CC2NC(N1)NS(=O)(=O)C1CCCC(C1)CN(Cc1cncc(N(C)C3CCC3)n1)[C@H](COC(C)C)CO2. The number of fused-ring (bicyclic) bond motifs is 4. The summed E-state index contributed by atoms with van der Waals surface area (Å²) in [5, 5.41) is 6.56. The van der Waals surface area contributed by atoms with Gasteiger partial charge >= 0.3 is 0 Å². The molecule has 4 fully saturated rings. The maximum absolute atomic E-state index is 13.9. The number of sulfonamides is 1. The number of nitrogens with one attached hydrogen (secondary N) is 3. The first-order valence-corrected chi connectivity index (χ1v) is 19.2. The Kier molecular flexibility index (Phi) is 11.2. The Bertz CT molecular complexity index is 1430. The molecule has 6 rings (SSSR count). The number of nitrogens with zero attached hydrogens (tertiary/aromatic N) is 4. The van der Waals surface area contributed by atoms with Gasteiger partial charge in [0.2, 0.25) is 10.0 Å². The molecule has 5 unspecified atom stereocenters. The maximum Gasteiger partial charge on any atom is 0.216 e. The summed E-state index contributed by atoms with van der Waals surface area (Å²) in [6.07, 6.45) is 10.3. The largest absolute Gasteiger partial charge is 0.377 e. The fraction of sp³-hybridized carbons (Fsp3) is 0.714. The molecule has 47 heavy (non-hydrogen) atoms. The number of hydrogen-bond donors (Lipinski definition) is 3. The smallest absolute Gasteiger partial charge is 0.216 e. The number of benzene rings is 1.